The van der Waals surface area contributed by atoms with Crippen molar-refractivity contribution in [2.24, 2.45) is 0 Å². The van der Waals surface area contributed by atoms with E-state index in [0.29, 0.717) is 48.2 Å². The zero-order valence-corrected chi connectivity index (χ0v) is 23.9. The fourth-order valence-corrected chi connectivity index (χ4v) is 5.83. The van der Waals surface area contributed by atoms with Gasteiger partial charge < -0.3 is 9.47 Å². The van der Waals surface area contributed by atoms with Crippen molar-refractivity contribution in [1.29, 1.82) is 0 Å². The Labute approximate surface area is 240 Å². The molecule has 0 radical (unpaired) electrons. The molecule has 8 nitrogen and oxygen atoms in total. The van der Waals surface area contributed by atoms with Gasteiger partial charge in [-0.1, -0.05) is 41.0 Å². The predicted octanol–water partition coefficient (Wildman–Crippen LogP) is 7.48. The Morgan fingerprint density at radius 1 is 1.16 bits per heavy atom. The fraction of sp³-hybridized carbons (Fsp3) is 0.200. The van der Waals surface area contributed by atoms with E-state index in [9.17, 15) is 14.5 Å². The average Bonchev–Trinajstić information content (AvgIpc) is 3.23. The second kappa shape index (κ2) is 12.3. The molecule has 0 amide bonds. The summed E-state index contributed by atoms with van der Waals surface area (Å²) in [5.74, 6) is 0.974. The molecule has 0 saturated heterocycles. The van der Waals surface area contributed by atoms with Crippen LogP contribution in [0.1, 0.15) is 22.2 Å². The summed E-state index contributed by atoms with van der Waals surface area (Å²) >= 11 is 16.9. The van der Waals surface area contributed by atoms with Crippen molar-refractivity contribution in [2.75, 3.05) is 13.7 Å². The van der Waals surface area contributed by atoms with Crippen LogP contribution in [0.4, 0.5) is 4.39 Å². The summed E-state index contributed by atoms with van der Waals surface area (Å²) in [6, 6.07) is 14.4. The van der Waals surface area contributed by atoms with Crippen molar-refractivity contribution in [3.63, 3.8) is 0 Å². The minimum atomic E-state index is -0.655. The predicted molar refractivity (Wildman–Crippen MR) is 148 cm³/mol. The number of hydrogen-bond acceptors (Lipinski definition) is 7. The summed E-state index contributed by atoms with van der Waals surface area (Å²) in [5.41, 5.74) is 1.98. The van der Waals surface area contributed by atoms with Crippen LogP contribution in [0.2, 0.25) is 10.0 Å². The number of methoxy groups -OCH3 is 1. The first kappa shape index (κ1) is 28.2. The van der Waals surface area contributed by atoms with E-state index in [-0.39, 0.29) is 12.4 Å². The molecule has 1 aromatic heterocycles. The molecule has 13 heteroatoms. The Balaban J connectivity index is 1.65. The summed E-state index contributed by atoms with van der Waals surface area (Å²) < 4.78 is 27.3. The van der Waals surface area contributed by atoms with E-state index >= 15 is 0 Å². The summed E-state index contributed by atoms with van der Waals surface area (Å²) in [6.07, 6.45) is 0. The quantitative estimate of drug-likeness (QED) is 0.101. The summed E-state index contributed by atoms with van der Waals surface area (Å²) in [6.45, 7) is 1.51. The lowest BCUT2D eigenvalue weighted by atomic mass is 10.1. The van der Waals surface area contributed by atoms with Gasteiger partial charge in [0.05, 0.1) is 11.6 Å². The average molecular weight is 642 g/mol. The molecule has 0 bridgehead atoms. The van der Waals surface area contributed by atoms with E-state index in [4.69, 9.17) is 32.7 Å². The molecular weight excluding hydrogens is 622 g/mol. The van der Waals surface area contributed by atoms with Crippen molar-refractivity contribution >= 4 is 50.9 Å². The Kier molecular flexibility index (Phi) is 9.14. The third-order valence-electron chi connectivity index (χ3n) is 5.45. The molecule has 0 aliphatic heterocycles. The van der Waals surface area contributed by atoms with Gasteiger partial charge in [0.1, 0.15) is 23.5 Å². The molecule has 198 valence electrons. The number of benzene rings is 3. The standard InChI is InChI=1S/C25H20BrCl2FN4O4S/c1-14-30-31-25(33(14)19-7-5-18(29)6-8-19)38-23(12-32(34)35)16-9-20(26)24(22(10-16)36-2)37-13-15-3-4-17(27)11-21(15)28/h3-11,23H,12-13H2,1-2H3/t23-/m0/s1. The number of rotatable bonds is 10. The molecule has 4 rings (SSSR count). The van der Waals surface area contributed by atoms with Crippen LogP contribution in [0, 0.1) is 22.9 Å². The van der Waals surface area contributed by atoms with Crippen molar-refractivity contribution in [3.8, 4) is 17.2 Å². The van der Waals surface area contributed by atoms with E-state index in [2.05, 4.69) is 26.1 Å². The molecule has 3 aromatic carbocycles. The smallest absolute Gasteiger partial charge is 0.220 e. The van der Waals surface area contributed by atoms with E-state index in [1.807, 2.05) is 0 Å². The lowest BCUT2D eigenvalue weighted by Crippen LogP contribution is -2.12. The van der Waals surface area contributed by atoms with Gasteiger partial charge in [-0.15, -0.1) is 10.2 Å². The highest BCUT2D eigenvalue weighted by Crippen LogP contribution is 2.43. The number of nitrogens with zero attached hydrogens (tertiary/aromatic N) is 4. The lowest BCUT2D eigenvalue weighted by Gasteiger charge is -2.18. The van der Waals surface area contributed by atoms with Gasteiger partial charge >= 0.3 is 0 Å². The van der Waals surface area contributed by atoms with Crippen LogP contribution in [0.3, 0.4) is 0 Å². The number of nitro groups is 1. The molecule has 4 aromatic rings. The second-order valence-electron chi connectivity index (χ2n) is 8.02. The Morgan fingerprint density at radius 2 is 1.89 bits per heavy atom. The molecule has 0 spiro atoms. The first-order chi connectivity index (χ1) is 18.2. The van der Waals surface area contributed by atoms with Gasteiger partial charge in [0.2, 0.25) is 6.54 Å². The Hall–Kier alpha value is -2.86. The summed E-state index contributed by atoms with van der Waals surface area (Å²) in [5, 5.41) is 20.7. The molecule has 0 unspecified atom stereocenters. The fourth-order valence-electron chi connectivity index (χ4n) is 3.63. The highest BCUT2D eigenvalue weighted by molar-refractivity contribution is 9.10. The number of halogens is 4. The number of aryl methyl sites for hydroxylation is 1. The highest BCUT2D eigenvalue weighted by Gasteiger charge is 2.26. The third kappa shape index (κ3) is 6.58. The molecule has 0 N–H and O–H groups in total. The monoisotopic (exact) mass is 640 g/mol. The van der Waals surface area contributed by atoms with Crippen LogP contribution >= 0.6 is 50.9 Å². The summed E-state index contributed by atoms with van der Waals surface area (Å²) in [4.78, 5) is 11.2. The van der Waals surface area contributed by atoms with Crippen LogP contribution in [0.25, 0.3) is 5.69 Å². The molecule has 0 saturated carbocycles. The maximum atomic E-state index is 13.5. The van der Waals surface area contributed by atoms with Gasteiger partial charge in [-0.05, 0) is 76.9 Å². The number of thioether (sulfide) groups is 1. The molecule has 1 heterocycles. The second-order valence-corrected chi connectivity index (χ2v) is 10.9. The molecular formula is C25H20BrCl2FN4O4S. The number of hydrogen-bond donors (Lipinski definition) is 0. The van der Waals surface area contributed by atoms with Gasteiger partial charge in [0.25, 0.3) is 0 Å². The first-order valence-corrected chi connectivity index (χ1v) is 13.5. The van der Waals surface area contributed by atoms with E-state index in [1.54, 1.807) is 54.0 Å². The number of aromatic nitrogens is 3. The minimum absolute atomic E-state index is 0.150. The molecule has 1 atom stereocenters. The van der Waals surface area contributed by atoms with Crippen molar-refractivity contribution in [3.05, 3.63) is 102 Å². The largest absolute Gasteiger partial charge is 0.493 e. The zero-order chi connectivity index (χ0) is 27.4. The van der Waals surface area contributed by atoms with Crippen LogP contribution < -0.4 is 9.47 Å². The molecule has 0 aliphatic carbocycles. The summed E-state index contributed by atoms with van der Waals surface area (Å²) in [7, 11) is 1.48. The van der Waals surface area contributed by atoms with Gasteiger partial charge in [0, 0.05) is 26.2 Å². The first-order valence-electron chi connectivity index (χ1n) is 11.1. The normalized spacial score (nSPS) is 11.8. The zero-order valence-electron chi connectivity index (χ0n) is 20.0. The van der Waals surface area contributed by atoms with Crippen molar-refractivity contribution in [1.82, 2.24) is 14.8 Å². The molecule has 38 heavy (non-hydrogen) atoms. The maximum Gasteiger partial charge on any atom is 0.220 e. The molecule has 0 aliphatic rings. The van der Waals surface area contributed by atoms with Gasteiger partial charge in [-0.2, -0.15) is 0 Å². The van der Waals surface area contributed by atoms with Gasteiger partial charge in [-0.25, -0.2) is 4.39 Å². The SMILES string of the molecule is COc1cc([C@H](C[N+](=O)[O-])Sc2nnc(C)n2-c2ccc(F)cc2)cc(Br)c1OCc1ccc(Cl)cc1Cl. The lowest BCUT2D eigenvalue weighted by molar-refractivity contribution is -0.479. The maximum absolute atomic E-state index is 13.5. The van der Waals surface area contributed by atoms with Crippen LogP contribution in [0.5, 0.6) is 11.5 Å². The Bertz CT molecular complexity index is 1470. The minimum Gasteiger partial charge on any atom is -0.493 e. The topological polar surface area (TPSA) is 92.3 Å². The third-order valence-corrected chi connectivity index (χ3v) is 7.81. The molecule has 0 fully saturated rings. The number of ether oxygens (including phenoxy) is 2. The van der Waals surface area contributed by atoms with Gasteiger partial charge in [-0.3, -0.25) is 14.7 Å². The van der Waals surface area contributed by atoms with E-state index in [0.717, 1.165) is 5.56 Å². The Morgan fingerprint density at radius 3 is 2.55 bits per heavy atom. The highest BCUT2D eigenvalue weighted by atomic mass is 79.9. The van der Waals surface area contributed by atoms with E-state index in [1.165, 1.54) is 31.0 Å². The van der Waals surface area contributed by atoms with Gasteiger partial charge in [0.15, 0.2) is 16.7 Å². The van der Waals surface area contributed by atoms with Crippen LogP contribution in [-0.2, 0) is 6.61 Å². The van der Waals surface area contributed by atoms with Crippen LogP contribution in [-0.4, -0.2) is 33.3 Å². The van der Waals surface area contributed by atoms with Crippen LogP contribution in [0.15, 0.2) is 64.2 Å². The van der Waals surface area contributed by atoms with Crippen molar-refractivity contribution in [2.45, 2.75) is 23.9 Å². The van der Waals surface area contributed by atoms with Crippen molar-refractivity contribution < 1.29 is 18.8 Å². The van der Waals surface area contributed by atoms with E-state index < -0.39 is 16.7 Å².